The molecule has 21 heavy (non-hydrogen) atoms. The molecular weight excluding hydrogens is 296 g/mol. The van der Waals surface area contributed by atoms with Gasteiger partial charge in [0.05, 0.1) is 6.61 Å². The number of carboxylic acid groups (broad SMARTS) is 1. The van der Waals surface area contributed by atoms with Crippen molar-refractivity contribution in [1.29, 1.82) is 0 Å². The second kappa shape index (κ2) is 5.84. The van der Waals surface area contributed by atoms with Crippen molar-refractivity contribution in [3.8, 4) is 0 Å². The molecule has 0 spiro atoms. The van der Waals surface area contributed by atoms with Crippen molar-refractivity contribution >= 4 is 44.9 Å². The standard InChI is InChI=1S/C14H10O6S/c1-2-20-14(19)10-5-7-3-4-8(6-9(7)21-10)11(15)12(16)13(17)18/h3-6H,2H2,1H3,(H,17,18). The van der Waals surface area contributed by atoms with Gasteiger partial charge in [-0.25, -0.2) is 9.59 Å². The first-order chi connectivity index (χ1) is 9.93. The number of aliphatic carboxylic acids is 1. The Morgan fingerprint density at radius 3 is 2.52 bits per heavy atom. The Balaban J connectivity index is 2.38. The highest BCUT2D eigenvalue weighted by molar-refractivity contribution is 7.20. The third kappa shape index (κ3) is 2.97. The lowest BCUT2D eigenvalue weighted by Gasteiger charge is -1.97. The highest BCUT2D eigenvalue weighted by Crippen LogP contribution is 2.27. The molecule has 1 aromatic carbocycles. The van der Waals surface area contributed by atoms with E-state index < -0.39 is 23.5 Å². The summed E-state index contributed by atoms with van der Waals surface area (Å²) in [6.07, 6.45) is 0. The zero-order valence-electron chi connectivity index (χ0n) is 10.9. The van der Waals surface area contributed by atoms with Crippen LogP contribution in [-0.4, -0.2) is 35.2 Å². The molecule has 108 valence electrons. The lowest BCUT2D eigenvalue weighted by atomic mass is 10.1. The monoisotopic (exact) mass is 306 g/mol. The Morgan fingerprint density at radius 1 is 1.19 bits per heavy atom. The molecule has 7 heteroatoms. The van der Waals surface area contributed by atoms with E-state index in [2.05, 4.69) is 0 Å². The number of carbonyl (C=O) groups is 4. The number of carbonyl (C=O) groups excluding carboxylic acids is 3. The molecule has 0 bridgehead atoms. The molecule has 0 unspecified atom stereocenters. The van der Waals surface area contributed by atoms with E-state index in [1.165, 1.54) is 12.1 Å². The number of esters is 1. The Bertz CT molecular complexity index is 758. The molecule has 1 N–H and O–H groups in total. The quantitative estimate of drug-likeness (QED) is 0.392. The summed E-state index contributed by atoms with van der Waals surface area (Å²) in [6, 6.07) is 5.92. The summed E-state index contributed by atoms with van der Waals surface area (Å²) in [7, 11) is 0. The van der Waals surface area contributed by atoms with Gasteiger partial charge in [0.1, 0.15) is 4.88 Å². The van der Waals surface area contributed by atoms with E-state index in [1.807, 2.05) is 0 Å². The van der Waals surface area contributed by atoms with E-state index in [1.54, 1.807) is 19.1 Å². The molecule has 0 fully saturated rings. The lowest BCUT2D eigenvalue weighted by molar-refractivity contribution is -0.146. The first kappa shape index (κ1) is 14.9. The highest BCUT2D eigenvalue weighted by Gasteiger charge is 2.24. The van der Waals surface area contributed by atoms with Crippen LogP contribution in [0.2, 0.25) is 0 Å². The summed E-state index contributed by atoms with van der Waals surface area (Å²) in [5.74, 6) is -4.83. The molecule has 0 amide bonds. The van der Waals surface area contributed by atoms with Gasteiger partial charge in [0.2, 0.25) is 5.78 Å². The highest BCUT2D eigenvalue weighted by atomic mass is 32.1. The number of fused-ring (bicyclic) bond motifs is 1. The number of hydrogen-bond donors (Lipinski definition) is 1. The van der Waals surface area contributed by atoms with E-state index in [-0.39, 0.29) is 12.2 Å². The van der Waals surface area contributed by atoms with Crippen molar-refractivity contribution in [2.45, 2.75) is 6.92 Å². The Labute approximate surface area is 122 Å². The minimum absolute atomic E-state index is 0.0211. The van der Waals surface area contributed by atoms with Gasteiger partial charge in [0, 0.05) is 10.3 Å². The molecule has 0 saturated heterocycles. The maximum absolute atomic E-state index is 11.7. The summed E-state index contributed by atoms with van der Waals surface area (Å²) in [5, 5.41) is 9.24. The smallest absolute Gasteiger partial charge is 0.380 e. The number of ether oxygens (including phenoxy) is 1. The maximum atomic E-state index is 11.7. The number of benzene rings is 1. The number of rotatable bonds is 5. The summed E-state index contributed by atoms with van der Waals surface area (Å²) in [5.41, 5.74) is -0.0211. The molecule has 2 rings (SSSR count). The van der Waals surface area contributed by atoms with Crippen LogP contribution in [0, 0.1) is 0 Å². The first-order valence-corrected chi connectivity index (χ1v) is 6.78. The van der Waals surface area contributed by atoms with Crippen molar-refractivity contribution in [2.24, 2.45) is 0 Å². The fourth-order valence-electron chi connectivity index (χ4n) is 1.70. The molecule has 0 aliphatic heterocycles. The van der Waals surface area contributed by atoms with Crippen LogP contribution < -0.4 is 0 Å². The van der Waals surface area contributed by atoms with Gasteiger partial charge in [0.15, 0.2) is 0 Å². The van der Waals surface area contributed by atoms with Gasteiger partial charge in [-0.1, -0.05) is 12.1 Å². The van der Waals surface area contributed by atoms with E-state index in [4.69, 9.17) is 9.84 Å². The van der Waals surface area contributed by atoms with Gasteiger partial charge >= 0.3 is 17.7 Å². The van der Waals surface area contributed by atoms with Gasteiger partial charge in [-0.3, -0.25) is 9.59 Å². The van der Waals surface area contributed by atoms with Crippen LogP contribution in [0.15, 0.2) is 24.3 Å². The fourth-order valence-corrected chi connectivity index (χ4v) is 2.70. The second-order valence-electron chi connectivity index (χ2n) is 4.05. The zero-order valence-corrected chi connectivity index (χ0v) is 11.7. The largest absolute Gasteiger partial charge is 0.475 e. The van der Waals surface area contributed by atoms with Crippen LogP contribution in [0.5, 0.6) is 0 Å². The average molecular weight is 306 g/mol. The summed E-state index contributed by atoms with van der Waals surface area (Å²) in [4.78, 5) is 45.3. The molecule has 1 heterocycles. The molecular formula is C14H10O6S. The molecule has 0 aliphatic rings. The minimum atomic E-state index is -1.79. The van der Waals surface area contributed by atoms with Crippen LogP contribution in [0.3, 0.4) is 0 Å². The van der Waals surface area contributed by atoms with E-state index in [0.29, 0.717) is 15.0 Å². The minimum Gasteiger partial charge on any atom is -0.475 e. The lowest BCUT2D eigenvalue weighted by Crippen LogP contribution is -2.23. The molecule has 1 aromatic heterocycles. The van der Waals surface area contributed by atoms with Crippen LogP contribution in [-0.2, 0) is 14.3 Å². The summed E-state index contributed by atoms with van der Waals surface area (Å²) < 4.78 is 5.48. The molecule has 0 atom stereocenters. The topological polar surface area (TPSA) is 97.7 Å². The molecule has 6 nitrogen and oxygen atoms in total. The third-order valence-corrected chi connectivity index (χ3v) is 3.74. The molecule has 2 aromatic rings. The van der Waals surface area contributed by atoms with Crippen LogP contribution in [0.25, 0.3) is 10.1 Å². The van der Waals surface area contributed by atoms with Crippen molar-refractivity contribution in [3.63, 3.8) is 0 Å². The average Bonchev–Trinajstić information content (AvgIpc) is 2.88. The third-order valence-electron chi connectivity index (χ3n) is 2.66. The molecule has 0 saturated carbocycles. The predicted octanol–water partition coefficient (Wildman–Crippen LogP) is 1.91. The first-order valence-electron chi connectivity index (χ1n) is 5.96. The van der Waals surface area contributed by atoms with Gasteiger partial charge in [-0.2, -0.15) is 0 Å². The van der Waals surface area contributed by atoms with E-state index in [9.17, 15) is 19.2 Å². The summed E-state index contributed by atoms with van der Waals surface area (Å²) in [6.45, 7) is 1.95. The fraction of sp³-hybridized carbons (Fsp3) is 0.143. The van der Waals surface area contributed by atoms with Crippen LogP contribution in [0.1, 0.15) is 27.0 Å². The summed E-state index contributed by atoms with van der Waals surface area (Å²) >= 11 is 1.11. The number of ketones is 2. The SMILES string of the molecule is CCOC(=O)c1cc2ccc(C(=O)C(=O)C(=O)O)cc2s1. The van der Waals surface area contributed by atoms with E-state index >= 15 is 0 Å². The van der Waals surface area contributed by atoms with Crippen LogP contribution >= 0.6 is 11.3 Å². The Morgan fingerprint density at radius 2 is 1.90 bits per heavy atom. The second-order valence-corrected chi connectivity index (χ2v) is 5.13. The van der Waals surface area contributed by atoms with Crippen molar-refractivity contribution in [3.05, 3.63) is 34.7 Å². The Kier molecular flexibility index (Phi) is 4.13. The van der Waals surface area contributed by atoms with Gasteiger partial charge in [0.25, 0.3) is 0 Å². The number of thiophene rings is 1. The normalized spacial score (nSPS) is 10.3. The van der Waals surface area contributed by atoms with Gasteiger partial charge < -0.3 is 9.84 Å². The zero-order chi connectivity index (χ0) is 15.6. The van der Waals surface area contributed by atoms with Gasteiger partial charge in [-0.15, -0.1) is 11.3 Å². The number of Topliss-reactive ketones (excluding diaryl/α,β-unsaturated/α-hetero) is 2. The molecule has 0 radical (unpaired) electrons. The van der Waals surface area contributed by atoms with Crippen molar-refractivity contribution in [2.75, 3.05) is 6.61 Å². The van der Waals surface area contributed by atoms with Crippen LogP contribution in [0.4, 0.5) is 0 Å². The van der Waals surface area contributed by atoms with Crippen molar-refractivity contribution < 1.29 is 29.0 Å². The molecule has 0 aliphatic carbocycles. The number of carboxylic acids is 1. The maximum Gasteiger partial charge on any atom is 0.380 e. The van der Waals surface area contributed by atoms with E-state index in [0.717, 1.165) is 11.3 Å². The predicted molar refractivity (Wildman–Crippen MR) is 74.8 cm³/mol. The van der Waals surface area contributed by atoms with Gasteiger partial charge in [-0.05, 0) is 24.4 Å². The number of hydrogen-bond acceptors (Lipinski definition) is 6. The Hall–Kier alpha value is -2.54. The van der Waals surface area contributed by atoms with Crippen molar-refractivity contribution in [1.82, 2.24) is 0 Å².